The average molecular weight is 332 g/mol. The average Bonchev–Trinajstić information content (AvgIpc) is 2.67. The van der Waals surface area contributed by atoms with Crippen LogP contribution in [0.4, 0.5) is 5.95 Å². The van der Waals surface area contributed by atoms with Gasteiger partial charge in [-0.05, 0) is 6.07 Å². The van der Waals surface area contributed by atoms with Gasteiger partial charge in [0.15, 0.2) is 0 Å². The van der Waals surface area contributed by atoms with Crippen LogP contribution in [-0.4, -0.2) is 95.8 Å². The zero-order chi connectivity index (χ0) is 16.9. The van der Waals surface area contributed by atoms with E-state index in [0.717, 1.165) is 12.8 Å². The van der Waals surface area contributed by atoms with Gasteiger partial charge >= 0.3 is 0 Å². The highest BCUT2D eigenvalue weighted by atomic mass is 16.2. The molecular formula is C15H20N6O3. The molecule has 0 saturated carbocycles. The molecule has 2 fully saturated rings. The zero-order valence-corrected chi connectivity index (χ0v) is 13.4. The molecule has 24 heavy (non-hydrogen) atoms. The summed E-state index contributed by atoms with van der Waals surface area (Å²) in [7, 11) is 0. The molecule has 1 aromatic rings. The van der Waals surface area contributed by atoms with Crippen LogP contribution in [0.1, 0.15) is 10.5 Å². The third kappa shape index (κ3) is 3.44. The quantitative estimate of drug-likeness (QED) is 0.635. The highest BCUT2D eigenvalue weighted by Gasteiger charge is 2.24. The molecule has 2 aliphatic heterocycles. The van der Waals surface area contributed by atoms with Gasteiger partial charge in [0.1, 0.15) is 5.69 Å². The lowest BCUT2D eigenvalue weighted by Crippen LogP contribution is -2.48. The first-order valence-electron chi connectivity index (χ1n) is 7.97. The van der Waals surface area contributed by atoms with Gasteiger partial charge in [0.05, 0.1) is 0 Å². The van der Waals surface area contributed by atoms with Gasteiger partial charge < -0.3 is 19.6 Å². The van der Waals surface area contributed by atoms with E-state index < -0.39 is 0 Å². The Labute approximate surface area is 139 Å². The fourth-order valence-electron chi connectivity index (χ4n) is 2.84. The van der Waals surface area contributed by atoms with E-state index in [0.29, 0.717) is 64.0 Å². The van der Waals surface area contributed by atoms with E-state index in [1.165, 1.54) is 0 Å². The van der Waals surface area contributed by atoms with Crippen molar-refractivity contribution in [2.75, 3.05) is 57.3 Å². The zero-order valence-electron chi connectivity index (χ0n) is 13.4. The molecule has 0 unspecified atom stereocenters. The van der Waals surface area contributed by atoms with Gasteiger partial charge in [0.2, 0.25) is 18.8 Å². The number of anilines is 1. The molecule has 0 spiro atoms. The summed E-state index contributed by atoms with van der Waals surface area (Å²) in [4.78, 5) is 49.8. The predicted molar refractivity (Wildman–Crippen MR) is 85.4 cm³/mol. The van der Waals surface area contributed by atoms with Crippen molar-refractivity contribution in [2.24, 2.45) is 0 Å². The molecule has 9 heteroatoms. The Balaban J connectivity index is 1.66. The number of hydrogen-bond donors (Lipinski definition) is 0. The molecule has 0 aromatic carbocycles. The summed E-state index contributed by atoms with van der Waals surface area (Å²) >= 11 is 0. The molecule has 3 rings (SSSR count). The van der Waals surface area contributed by atoms with Gasteiger partial charge in [0.25, 0.3) is 5.91 Å². The minimum absolute atomic E-state index is 0.143. The number of rotatable bonds is 4. The molecule has 128 valence electrons. The second-order valence-electron chi connectivity index (χ2n) is 5.80. The van der Waals surface area contributed by atoms with Crippen LogP contribution in [0.25, 0.3) is 0 Å². The molecule has 0 aliphatic carbocycles. The molecular weight excluding hydrogens is 312 g/mol. The minimum atomic E-state index is -0.143. The van der Waals surface area contributed by atoms with Crippen molar-refractivity contribution >= 4 is 24.7 Å². The third-order valence-electron chi connectivity index (χ3n) is 4.36. The fraction of sp³-hybridized carbons (Fsp3) is 0.533. The number of carbonyl (C=O) groups is 3. The van der Waals surface area contributed by atoms with Gasteiger partial charge in [0, 0.05) is 58.6 Å². The standard InChI is InChI=1S/C15H20N6O3/c22-11-18-3-7-20(8-4-18)14(24)13-1-2-16-15(17-13)21-9-5-19(12-23)6-10-21/h1-2,11-12H,3-10H2. The van der Waals surface area contributed by atoms with Crippen molar-refractivity contribution in [1.29, 1.82) is 0 Å². The van der Waals surface area contributed by atoms with Crippen LogP contribution >= 0.6 is 0 Å². The summed E-state index contributed by atoms with van der Waals surface area (Å²) in [5.74, 6) is 0.369. The second kappa shape index (κ2) is 7.24. The monoisotopic (exact) mass is 332 g/mol. The summed E-state index contributed by atoms with van der Waals surface area (Å²) in [5, 5.41) is 0. The summed E-state index contributed by atoms with van der Waals surface area (Å²) in [6.07, 6.45) is 3.24. The Kier molecular flexibility index (Phi) is 4.88. The lowest BCUT2D eigenvalue weighted by Gasteiger charge is -2.33. The van der Waals surface area contributed by atoms with E-state index in [1.807, 2.05) is 4.90 Å². The number of carbonyl (C=O) groups excluding carboxylic acids is 3. The lowest BCUT2D eigenvalue weighted by atomic mass is 10.3. The Hall–Kier alpha value is -2.71. The Bertz CT molecular complexity index is 609. The maximum Gasteiger partial charge on any atom is 0.272 e. The smallest absolute Gasteiger partial charge is 0.272 e. The van der Waals surface area contributed by atoms with E-state index in [1.54, 1.807) is 27.0 Å². The minimum Gasteiger partial charge on any atom is -0.342 e. The summed E-state index contributed by atoms with van der Waals surface area (Å²) in [5.41, 5.74) is 0.359. The molecule has 3 heterocycles. The van der Waals surface area contributed by atoms with Crippen molar-refractivity contribution in [3.63, 3.8) is 0 Å². The Morgan fingerprint density at radius 1 is 0.917 bits per heavy atom. The van der Waals surface area contributed by atoms with E-state index >= 15 is 0 Å². The van der Waals surface area contributed by atoms with Crippen LogP contribution in [-0.2, 0) is 9.59 Å². The van der Waals surface area contributed by atoms with E-state index in [4.69, 9.17) is 0 Å². The van der Waals surface area contributed by atoms with E-state index in [9.17, 15) is 14.4 Å². The third-order valence-corrected chi connectivity index (χ3v) is 4.36. The van der Waals surface area contributed by atoms with Gasteiger partial charge in [-0.1, -0.05) is 0 Å². The topological polar surface area (TPSA) is 90.0 Å². The van der Waals surface area contributed by atoms with Crippen LogP contribution in [0.3, 0.4) is 0 Å². The van der Waals surface area contributed by atoms with Crippen LogP contribution in [0.15, 0.2) is 12.3 Å². The first kappa shape index (κ1) is 16.2. The maximum absolute atomic E-state index is 12.6. The maximum atomic E-state index is 12.6. The lowest BCUT2D eigenvalue weighted by molar-refractivity contribution is -0.119. The van der Waals surface area contributed by atoms with E-state index in [2.05, 4.69) is 9.97 Å². The van der Waals surface area contributed by atoms with Gasteiger partial charge in [-0.3, -0.25) is 14.4 Å². The van der Waals surface area contributed by atoms with Crippen molar-refractivity contribution in [3.8, 4) is 0 Å². The largest absolute Gasteiger partial charge is 0.342 e. The molecule has 3 amide bonds. The van der Waals surface area contributed by atoms with Gasteiger partial charge in [-0.2, -0.15) is 0 Å². The van der Waals surface area contributed by atoms with Crippen molar-refractivity contribution in [2.45, 2.75) is 0 Å². The molecule has 0 bridgehead atoms. The number of nitrogens with zero attached hydrogens (tertiary/aromatic N) is 6. The van der Waals surface area contributed by atoms with Crippen molar-refractivity contribution in [3.05, 3.63) is 18.0 Å². The Morgan fingerprint density at radius 3 is 2.08 bits per heavy atom. The second-order valence-corrected chi connectivity index (χ2v) is 5.80. The summed E-state index contributed by atoms with van der Waals surface area (Å²) in [6, 6.07) is 1.61. The SMILES string of the molecule is O=CN1CCN(C(=O)c2ccnc(N3CCN(C=O)CC3)n2)CC1. The molecule has 2 saturated heterocycles. The van der Waals surface area contributed by atoms with Crippen LogP contribution < -0.4 is 4.90 Å². The van der Waals surface area contributed by atoms with Gasteiger partial charge in [-0.15, -0.1) is 0 Å². The van der Waals surface area contributed by atoms with Crippen molar-refractivity contribution < 1.29 is 14.4 Å². The fourth-order valence-corrected chi connectivity index (χ4v) is 2.84. The highest BCUT2D eigenvalue weighted by Crippen LogP contribution is 2.13. The normalized spacial score (nSPS) is 18.5. The molecule has 1 aromatic heterocycles. The first-order valence-corrected chi connectivity index (χ1v) is 7.97. The summed E-state index contributed by atoms with van der Waals surface area (Å²) in [6.45, 7) is 4.64. The summed E-state index contributed by atoms with van der Waals surface area (Å²) < 4.78 is 0. The molecule has 0 N–H and O–H groups in total. The number of amides is 3. The molecule has 0 atom stereocenters. The predicted octanol–water partition coefficient (Wildman–Crippen LogP) is -1.33. The van der Waals surface area contributed by atoms with Crippen LogP contribution in [0.5, 0.6) is 0 Å². The molecule has 9 nitrogen and oxygen atoms in total. The number of piperazine rings is 2. The molecule has 2 aliphatic rings. The van der Waals surface area contributed by atoms with Gasteiger partial charge in [-0.25, -0.2) is 9.97 Å². The number of hydrogen-bond acceptors (Lipinski definition) is 6. The number of aromatic nitrogens is 2. The van der Waals surface area contributed by atoms with Crippen LogP contribution in [0, 0.1) is 0 Å². The van der Waals surface area contributed by atoms with E-state index in [-0.39, 0.29) is 5.91 Å². The Morgan fingerprint density at radius 2 is 1.50 bits per heavy atom. The van der Waals surface area contributed by atoms with Crippen molar-refractivity contribution in [1.82, 2.24) is 24.7 Å². The molecule has 0 radical (unpaired) electrons. The first-order chi connectivity index (χ1) is 11.7. The highest BCUT2D eigenvalue weighted by molar-refractivity contribution is 5.92. The van der Waals surface area contributed by atoms with Crippen LogP contribution in [0.2, 0.25) is 0 Å².